The lowest BCUT2D eigenvalue weighted by Gasteiger charge is -2.18. The van der Waals surface area contributed by atoms with Gasteiger partial charge in [-0.15, -0.1) is 11.3 Å². The van der Waals surface area contributed by atoms with Crippen molar-refractivity contribution in [2.75, 3.05) is 6.54 Å². The molecule has 0 fully saturated rings. The number of aromatic amines is 1. The summed E-state index contributed by atoms with van der Waals surface area (Å²) in [7, 11) is 0. The van der Waals surface area contributed by atoms with Crippen LogP contribution in [0.2, 0.25) is 0 Å². The Kier molecular flexibility index (Phi) is 5.00. The van der Waals surface area contributed by atoms with Crippen LogP contribution < -0.4 is 11.1 Å². The number of aromatic nitrogens is 2. The van der Waals surface area contributed by atoms with E-state index in [9.17, 15) is 4.79 Å². The highest BCUT2D eigenvalue weighted by atomic mass is 32.1. The Labute approximate surface area is 161 Å². The molecule has 4 aromatic rings. The maximum absolute atomic E-state index is 12.8. The van der Waals surface area contributed by atoms with E-state index >= 15 is 0 Å². The molecular weight excluding hydrogens is 356 g/mol. The number of amides is 1. The summed E-state index contributed by atoms with van der Waals surface area (Å²) in [5, 5.41) is 4.17. The standard InChI is InChI=1S/C21H20N4OS/c22-11-8-17(14-4-2-1-3-5-14)25-21(26)19-7-6-18(27-19)15-9-12-23-20-16(15)10-13-24-20/h1-7,9-10,12-13,17H,8,11,22H2,(H,23,24)(H,25,26). The first-order valence-electron chi connectivity index (χ1n) is 8.84. The molecule has 4 N–H and O–H groups in total. The highest BCUT2D eigenvalue weighted by molar-refractivity contribution is 7.17. The molecular formula is C21H20N4OS. The van der Waals surface area contributed by atoms with Crippen LogP contribution in [0.5, 0.6) is 0 Å². The van der Waals surface area contributed by atoms with Crippen molar-refractivity contribution in [2.24, 2.45) is 5.73 Å². The number of hydrogen-bond donors (Lipinski definition) is 3. The molecule has 1 unspecified atom stereocenters. The van der Waals surface area contributed by atoms with Crippen LogP contribution in [0, 0.1) is 0 Å². The first kappa shape index (κ1) is 17.5. The molecule has 0 bridgehead atoms. The second-order valence-electron chi connectivity index (χ2n) is 6.28. The first-order valence-corrected chi connectivity index (χ1v) is 9.66. The van der Waals surface area contributed by atoms with E-state index in [0.717, 1.165) is 27.0 Å². The third kappa shape index (κ3) is 3.63. The zero-order valence-electron chi connectivity index (χ0n) is 14.7. The maximum atomic E-state index is 12.8. The molecule has 0 radical (unpaired) electrons. The average Bonchev–Trinajstić information content (AvgIpc) is 3.37. The summed E-state index contributed by atoms with van der Waals surface area (Å²) in [4.78, 5) is 22.0. The molecule has 1 aromatic carbocycles. The van der Waals surface area contributed by atoms with Crippen LogP contribution in [-0.4, -0.2) is 22.4 Å². The highest BCUT2D eigenvalue weighted by Gasteiger charge is 2.17. The molecule has 0 aliphatic heterocycles. The number of hydrogen-bond acceptors (Lipinski definition) is 4. The number of nitrogens with two attached hydrogens (primary N) is 1. The molecule has 0 aliphatic carbocycles. The van der Waals surface area contributed by atoms with E-state index in [1.165, 1.54) is 11.3 Å². The van der Waals surface area contributed by atoms with Gasteiger partial charge in [0.25, 0.3) is 5.91 Å². The van der Waals surface area contributed by atoms with Gasteiger partial charge in [0.05, 0.1) is 10.9 Å². The van der Waals surface area contributed by atoms with Gasteiger partial charge in [-0.1, -0.05) is 30.3 Å². The topological polar surface area (TPSA) is 83.8 Å². The SMILES string of the molecule is NCCC(NC(=O)c1ccc(-c2ccnc3[nH]ccc23)s1)c1ccccc1. The summed E-state index contributed by atoms with van der Waals surface area (Å²) in [6, 6.07) is 17.7. The van der Waals surface area contributed by atoms with Crippen molar-refractivity contribution in [3.63, 3.8) is 0 Å². The van der Waals surface area contributed by atoms with E-state index in [0.29, 0.717) is 17.8 Å². The lowest BCUT2D eigenvalue weighted by molar-refractivity contribution is 0.0939. The van der Waals surface area contributed by atoms with Crippen molar-refractivity contribution in [1.82, 2.24) is 15.3 Å². The van der Waals surface area contributed by atoms with E-state index in [4.69, 9.17) is 5.73 Å². The predicted octanol–water partition coefficient (Wildman–Crippen LogP) is 4.11. The zero-order chi connectivity index (χ0) is 18.6. The second kappa shape index (κ2) is 7.73. The Morgan fingerprint density at radius 3 is 2.81 bits per heavy atom. The molecule has 6 heteroatoms. The number of thiophene rings is 1. The molecule has 3 aromatic heterocycles. The van der Waals surface area contributed by atoms with Crippen LogP contribution >= 0.6 is 11.3 Å². The first-order chi connectivity index (χ1) is 13.3. The summed E-state index contributed by atoms with van der Waals surface area (Å²) in [6.45, 7) is 0.512. The van der Waals surface area contributed by atoms with Crippen molar-refractivity contribution in [1.29, 1.82) is 0 Å². The predicted molar refractivity (Wildman–Crippen MR) is 110 cm³/mol. The van der Waals surface area contributed by atoms with Gasteiger partial charge in [0.2, 0.25) is 0 Å². The average molecular weight is 376 g/mol. The van der Waals surface area contributed by atoms with Crippen LogP contribution in [0.4, 0.5) is 0 Å². The third-order valence-electron chi connectivity index (χ3n) is 4.52. The number of nitrogens with zero attached hydrogens (tertiary/aromatic N) is 1. The van der Waals surface area contributed by atoms with Gasteiger partial charge in [0.15, 0.2) is 0 Å². The molecule has 4 rings (SSSR count). The second-order valence-corrected chi connectivity index (χ2v) is 7.36. The Hall–Kier alpha value is -2.96. The Bertz CT molecular complexity index is 1050. The van der Waals surface area contributed by atoms with Crippen LogP contribution in [0.3, 0.4) is 0 Å². The van der Waals surface area contributed by atoms with Crippen molar-refractivity contribution in [2.45, 2.75) is 12.5 Å². The Morgan fingerprint density at radius 1 is 1.15 bits per heavy atom. The molecule has 136 valence electrons. The van der Waals surface area contributed by atoms with Gasteiger partial charge >= 0.3 is 0 Å². The summed E-state index contributed by atoms with van der Waals surface area (Å²) in [6.07, 6.45) is 4.35. The lowest BCUT2D eigenvalue weighted by atomic mass is 10.0. The minimum absolute atomic E-state index is 0.0760. The third-order valence-corrected chi connectivity index (χ3v) is 5.64. The van der Waals surface area contributed by atoms with Crippen LogP contribution in [0.25, 0.3) is 21.5 Å². The molecule has 0 spiro atoms. The smallest absolute Gasteiger partial charge is 0.261 e. The van der Waals surface area contributed by atoms with E-state index < -0.39 is 0 Å². The fourth-order valence-electron chi connectivity index (χ4n) is 3.18. The maximum Gasteiger partial charge on any atom is 0.261 e. The van der Waals surface area contributed by atoms with Gasteiger partial charge in [0.1, 0.15) is 5.65 Å². The van der Waals surface area contributed by atoms with E-state index in [1.54, 1.807) is 6.20 Å². The van der Waals surface area contributed by atoms with Gasteiger partial charge in [-0.25, -0.2) is 4.98 Å². The van der Waals surface area contributed by atoms with E-state index in [1.807, 2.05) is 60.8 Å². The molecule has 0 saturated carbocycles. The van der Waals surface area contributed by atoms with Crippen LogP contribution in [-0.2, 0) is 0 Å². The van der Waals surface area contributed by atoms with Crippen molar-refractivity contribution < 1.29 is 4.79 Å². The molecule has 1 amide bonds. The quantitative estimate of drug-likeness (QED) is 0.473. The number of carbonyl (C=O) groups is 1. The fourth-order valence-corrected chi connectivity index (χ4v) is 4.13. The van der Waals surface area contributed by atoms with E-state index in [2.05, 4.69) is 15.3 Å². The normalized spacial score (nSPS) is 12.2. The number of carbonyl (C=O) groups excluding carboxylic acids is 1. The summed E-state index contributed by atoms with van der Waals surface area (Å²) in [5.74, 6) is -0.0760. The fraction of sp³-hybridized carbons (Fsp3) is 0.143. The number of H-pyrrole nitrogens is 1. The van der Waals surface area contributed by atoms with Gasteiger partial charge in [-0.05, 0) is 42.8 Å². The van der Waals surface area contributed by atoms with Crippen molar-refractivity contribution in [3.8, 4) is 10.4 Å². The van der Waals surface area contributed by atoms with Gasteiger partial charge < -0.3 is 16.0 Å². The number of nitrogens with one attached hydrogen (secondary N) is 2. The minimum atomic E-state index is -0.0912. The molecule has 5 nitrogen and oxygen atoms in total. The highest BCUT2D eigenvalue weighted by Crippen LogP contribution is 2.33. The van der Waals surface area contributed by atoms with Crippen LogP contribution in [0.15, 0.2) is 67.0 Å². The number of benzene rings is 1. The largest absolute Gasteiger partial charge is 0.346 e. The number of rotatable bonds is 6. The Balaban J connectivity index is 1.57. The molecule has 27 heavy (non-hydrogen) atoms. The van der Waals surface area contributed by atoms with Gasteiger partial charge in [-0.3, -0.25) is 4.79 Å². The summed E-state index contributed by atoms with van der Waals surface area (Å²) < 4.78 is 0. The monoisotopic (exact) mass is 376 g/mol. The molecule has 1 atom stereocenters. The minimum Gasteiger partial charge on any atom is -0.346 e. The van der Waals surface area contributed by atoms with Crippen molar-refractivity contribution in [3.05, 3.63) is 77.4 Å². The van der Waals surface area contributed by atoms with Gasteiger partial charge in [-0.2, -0.15) is 0 Å². The van der Waals surface area contributed by atoms with Crippen LogP contribution in [0.1, 0.15) is 27.7 Å². The van der Waals surface area contributed by atoms with Crippen molar-refractivity contribution >= 4 is 28.3 Å². The zero-order valence-corrected chi connectivity index (χ0v) is 15.5. The molecule has 0 aliphatic rings. The molecule has 0 saturated heterocycles. The molecule has 3 heterocycles. The number of fused-ring (bicyclic) bond motifs is 1. The summed E-state index contributed by atoms with van der Waals surface area (Å²) in [5.41, 5.74) is 8.73. The van der Waals surface area contributed by atoms with E-state index in [-0.39, 0.29) is 11.9 Å². The number of pyridine rings is 1. The van der Waals surface area contributed by atoms with Gasteiger partial charge in [0, 0.05) is 28.2 Å². The Morgan fingerprint density at radius 2 is 2.00 bits per heavy atom. The summed E-state index contributed by atoms with van der Waals surface area (Å²) >= 11 is 1.48. The lowest BCUT2D eigenvalue weighted by Crippen LogP contribution is -2.29.